The second-order valence-electron chi connectivity index (χ2n) is 6.14. The molecule has 0 radical (unpaired) electrons. The molecule has 3 rings (SSSR count). The molecule has 0 fully saturated rings. The van der Waals surface area contributed by atoms with E-state index >= 15 is 0 Å². The Balaban J connectivity index is 1.94. The van der Waals surface area contributed by atoms with E-state index in [0.717, 1.165) is 35.6 Å². The highest BCUT2D eigenvalue weighted by atomic mass is 32.2. The van der Waals surface area contributed by atoms with E-state index in [1.165, 1.54) is 12.1 Å². The first-order chi connectivity index (χ1) is 12.5. The van der Waals surface area contributed by atoms with E-state index < -0.39 is 21.8 Å². The number of nitrogens with zero attached hydrogens (tertiary/aromatic N) is 1. The third kappa shape index (κ3) is 3.86. The van der Waals surface area contributed by atoms with Gasteiger partial charge >= 0.3 is 11.0 Å². The highest BCUT2D eigenvalue weighted by Gasteiger charge is 2.30. The topological polar surface area (TPSA) is 68.2 Å². The first kappa shape index (κ1) is 19.4. The Hall–Kier alpha value is -2.33. The quantitative estimate of drug-likeness (QED) is 0.683. The molecule has 27 heavy (non-hydrogen) atoms. The molecule has 10 heteroatoms. The van der Waals surface area contributed by atoms with Crippen LogP contribution in [0.2, 0.25) is 0 Å². The van der Waals surface area contributed by atoms with Gasteiger partial charge in [-0.1, -0.05) is 11.3 Å². The minimum atomic E-state index is -4.50. The Bertz CT molecular complexity index is 1140. The van der Waals surface area contributed by atoms with Crippen molar-refractivity contribution in [2.24, 2.45) is 0 Å². The number of fused-ring (bicyclic) bond motifs is 1. The molecule has 0 unspecified atom stereocenters. The Morgan fingerprint density at radius 1 is 1.07 bits per heavy atom. The number of aromatic nitrogens is 1. The Morgan fingerprint density at radius 3 is 2.26 bits per heavy atom. The highest BCUT2D eigenvalue weighted by Crippen LogP contribution is 2.30. The largest absolute Gasteiger partial charge is 0.416 e. The summed E-state index contributed by atoms with van der Waals surface area (Å²) in [4.78, 5) is 11.8. The van der Waals surface area contributed by atoms with Crippen LogP contribution in [0, 0.1) is 0 Å². The number of alkyl halides is 3. The molecule has 1 N–H and O–H groups in total. The lowest BCUT2D eigenvalue weighted by atomic mass is 10.2. The van der Waals surface area contributed by atoms with E-state index in [1.807, 2.05) is 13.8 Å². The van der Waals surface area contributed by atoms with Gasteiger partial charge in [0.05, 0.1) is 20.7 Å². The van der Waals surface area contributed by atoms with E-state index in [4.69, 9.17) is 0 Å². The molecule has 2 aromatic carbocycles. The van der Waals surface area contributed by atoms with Crippen molar-refractivity contribution >= 4 is 37.3 Å². The molecule has 1 heterocycles. The number of hydrogen-bond acceptors (Lipinski definition) is 4. The average molecular weight is 416 g/mol. The number of rotatable bonds is 4. The molecule has 0 bridgehead atoms. The zero-order valence-electron chi connectivity index (χ0n) is 14.2. The van der Waals surface area contributed by atoms with Gasteiger partial charge in [-0.05, 0) is 56.3 Å². The lowest BCUT2D eigenvalue weighted by Gasteiger charge is -2.11. The maximum atomic E-state index is 12.6. The predicted molar refractivity (Wildman–Crippen MR) is 98.7 cm³/mol. The average Bonchev–Trinajstić information content (AvgIpc) is 2.89. The summed E-state index contributed by atoms with van der Waals surface area (Å²) in [7, 11) is -4.01. The van der Waals surface area contributed by atoms with Gasteiger partial charge < -0.3 is 0 Å². The van der Waals surface area contributed by atoms with Crippen LogP contribution in [0.15, 0.2) is 52.2 Å². The molecule has 0 spiro atoms. The van der Waals surface area contributed by atoms with Gasteiger partial charge in [-0.2, -0.15) is 13.2 Å². The van der Waals surface area contributed by atoms with Gasteiger partial charge in [0.15, 0.2) is 0 Å². The normalized spacial score (nSPS) is 12.7. The van der Waals surface area contributed by atoms with Crippen molar-refractivity contribution in [1.82, 2.24) is 4.57 Å². The Kier molecular flexibility index (Phi) is 4.81. The first-order valence-corrected chi connectivity index (χ1v) is 10.1. The molecule has 0 aliphatic rings. The summed E-state index contributed by atoms with van der Waals surface area (Å²) < 4.78 is 67.2. The fourth-order valence-electron chi connectivity index (χ4n) is 2.61. The lowest BCUT2D eigenvalue weighted by Crippen LogP contribution is -2.15. The third-order valence-electron chi connectivity index (χ3n) is 3.88. The molecule has 0 saturated heterocycles. The van der Waals surface area contributed by atoms with E-state index in [1.54, 1.807) is 10.6 Å². The van der Waals surface area contributed by atoms with E-state index in [2.05, 4.69) is 4.72 Å². The second-order valence-corrected chi connectivity index (χ2v) is 8.82. The van der Waals surface area contributed by atoms with Crippen molar-refractivity contribution in [2.75, 3.05) is 4.72 Å². The molecule has 3 aromatic rings. The van der Waals surface area contributed by atoms with Gasteiger partial charge in [-0.3, -0.25) is 14.1 Å². The maximum absolute atomic E-state index is 12.6. The van der Waals surface area contributed by atoms with Crippen LogP contribution in [-0.2, 0) is 16.2 Å². The number of thiazole rings is 1. The number of nitrogens with one attached hydrogen (secondary N) is 1. The SMILES string of the molecule is CC(C)n1c(=O)sc2cc(S(=O)(=O)Nc3ccc(C(F)(F)F)cc3)ccc21. The maximum Gasteiger partial charge on any atom is 0.416 e. The summed E-state index contributed by atoms with van der Waals surface area (Å²) in [5.41, 5.74) is -0.226. The van der Waals surface area contributed by atoms with Crippen molar-refractivity contribution in [2.45, 2.75) is 31.0 Å². The van der Waals surface area contributed by atoms with Crippen LogP contribution >= 0.6 is 11.3 Å². The summed E-state index contributed by atoms with van der Waals surface area (Å²) in [5.74, 6) is 0. The summed E-state index contributed by atoms with van der Waals surface area (Å²) >= 11 is 0.939. The summed E-state index contributed by atoms with van der Waals surface area (Å²) in [5, 5.41) is 0. The zero-order chi connectivity index (χ0) is 20.0. The number of halogens is 3. The molecule has 0 aliphatic heterocycles. The Labute approximate surface area is 157 Å². The molecule has 1 aromatic heterocycles. The molecule has 144 valence electrons. The van der Waals surface area contributed by atoms with Crippen molar-refractivity contribution in [3.05, 3.63) is 57.7 Å². The van der Waals surface area contributed by atoms with Crippen LogP contribution in [0.5, 0.6) is 0 Å². The van der Waals surface area contributed by atoms with Gasteiger partial charge in [0.2, 0.25) is 0 Å². The molecule has 0 amide bonds. The molecule has 0 aliphatic carbocycles. The van der Waals surface area contributed by atoms with Gasteiger partial charge in [0.25, 0.3) is 10.0 Å². The lowest BCUT2D eigenvalue weighted by molar-refractivity contribution is -0.137. The highest BCUT2D eigenvalue weighted by molar-refractivity contribution is 7.92. The van der Waals surface area contributed by atoms with E-state index in [9.17, 15) is 26.4 Å². The van der Waals surface area contributed by atoms with Crippen molar-refractivity contribution in [3.63, 3.8) is 0 Å². The minimum Gasteiger partial charge on any atom is -0.296 e. The van der Waals surface area contributed by atoms with E-state index in [-0.39, 0.29) is 21.5 Å². The third-order valence-corrected chi connectivity index (χ3v) is 6.17. The minimum absolute atomic E-state index is 0.0102. The summed E-state index contributed by atoms with van der Waals surface area (Å²) in [6.07, 6.45) is -4.50. The fourth-order valence-corrected chi connectivity index (χ4v) is 4.83. The van der Waals surface area contributed by atoms with Gasteiger partial charge in [-0.15, -0.1) is 0 Å². The summed E-state index contributed by atoms with van der Waals surface area (Å²) in [6.45, 7) is 3.70. The summed E-state index contributed by atoms with van der Waals surface area (Å²) in [6, 6.07) is 7.92. The molecular formula is C17H15F3N2O3S2. The Morgan fingerprint density at radius 2 is 1.70 bits per heavy atom. The van der Waals surface area contributed by atoms with Crippen molar-refractivity contribution in [1.29, 1.82) is 0 Å². The number of sulfonamides is 1. The number of hydrogen-bond donors (Lipinski definition) is 1. The second kappa shape index (κ2) is 6.68. The van der Waals surface area contributed by atoms with E-state index in [0.29, 0.717) is 10.2 Å². The molecule has 0 atom stereocenters. The van der Waals surface area contributed by atoms with Crippen molar-refractivity contribution in [3.8, 4) is 0 Å². The molecule has 0 saturated carbocycles. The molecular weight excluding hydrogens is 401 g/mol. The monoisotopic (exact) mass is 416 g/mol. The van der Waals surface area contributed by atoms with Crippen LogP contribution in [0.25, 0.3) is 10.2 Å². The van der Waals surface area contributed by atoms with Gasteiger partial charge in [0, 0.05) is 11.7 Å². The number of anilines is 1. The smallest absolute Gasteiger partial charge is 0.296 e. The fraction of sp³-hybridized carbons (Fsp3) is 0.235. The van der Waals surface area contributed by atoms with Crippen molar-refractivity contribution < 1.29 is 21.6 Å². The van der Waals surface area contributed by atoms with Crippen LogP contribution < -0.4 is 9.60 Å². The predicted octanol–water partition coefficient (Wildman–Crippen LogP) is 4.46. The first-order valence-electron chi connectivity index (χ1n) is 7.84. The van der Waals surface area contributed by atoms with Crippen LogP contribution in [-0.4, -0.2) is 13.0 Å². The van der Waals surface area contributed by atoms with Gasteiger partial charge in [0.1, 0.15) is 0 Å². The standard InChI is InChI=1S/C17H15F3N2O3S2/c1-10(2)22-14-8-7-13(9-15(14)26-16(22)23)27(24,25)21-12-5-3-11(4-6-12)17(18,19)20/h3-10,21H,1-2H3. The van der Waals surface area contributed by atoms with Crippen LogP contribution in [0.1, 0.15) is 25.5 Å². The van der Waals surface area contributed by atoms with Crippen LogP contribution in [0.3, 0.4) is 0 Å². The zero-order valence-corrected chi connectivity index (χ0v) is 15.9. The van der Waals surface area contributed by atoms with Crippen LogP contribution in [0.4, 0.5) is 18.9 Å². The number of benzene rings is 2. The molecule has 5 nitrogen and oxygen atoms in total. The van der Waals surface area contributed by atoms with Gasteiger partial charge in [-0.25, -0.2) is 8.42 Å².